The fraction of sp³-hybridized carbons (Fsp3) is 0.133. The number of halogens is 1. The lowest BCUT2D eigenvalue weighted by Crippen LogP contribution is -2.08. The molecule has 0 aliphatic heterocycles. The van der Waals surface area contributed by atoms with Crippen molar-refractivity contribution in [2.24, 2.45) is 0 Å². The van der Waals surface area contributed by atoms with Gasteiger partial charge in [0, 0.05) is 25.5 Å². The van der Waals surface area contributed by atoms with Crippen LogP contribution in [0.5, 0.6) is 0 Å². The summed E-state index contributed by atoms with van der Waals surface area (Å²) in [6, 6.07) is 14.0. The number of hydrogen-bond acceptors (Lipinski definition) is 2. The topological polar surface area (TPSA) is 24.0 Å². The Morgan fingerprint density at radius 1 is 1.10 bits per heavy atom. The SMILES string of the molecule is CN(C)c1ccc(-n2c(=S)[nH]c3c(Cl)cccc32)cc1. The van der Waals surface area contributed by atoms with Crippen LogP contribution in [0.4, 0.5) is 5.69 Å². The van der Waals surface area contributed by atoms with E-state index in [4.69, 9.17) is 23.8 Å². The van der Waals surface area contributed by atoms with E-state index >= 15 is 0 Å². The summed E-state index contributed by atoms with van der Waals surface area (Å²) in [5.74, 6) is 0. The van der Waals surface area contributed by atoms with Crippen LogP contribution >= 0.6 is 23.8 Å². The van der Waals surface area contributed by atoms with Gasteiger partial charge in [0.2, 0.25) is 0 Å². The Kier molecular flexibility index (Phi) is 3.28. The molecule has 3 rings (SSSR count). The van der Waals surface area contributed by atoms with E-state index in [0.29, 0.717) is 9.79 Å². The van der Waals surface area contributed by atoms with Gasteiger partial charge in [-0.2, -0.15) is 0 Å². The minimum atomic E-state index is 0.644. The minimum absolute atomic E-state index is 0.644. The maximum atomic E-state index is 6.20. The zero-order valence-corrected chi connectivity index (χ0v) is 12.8. The zero-order valence-electron chi connectivity index (χ0n) is 11.2. The van der Waals surface area contributed by atoms with Crippen molar-refractivity contribution in [3.8, 4) is 5.69 Å². The smallest absolute Gasteiger partial charge is 0.182 e. The van der Waals surface area contributed by atoms with E-state index in [9.17, 15) is 0 Å². The normalized spacial score (nSPS) is 10.9. The van der Waals surface area contributed by atoms with E-state index in [0.717, 1.165) is 22.4 Å². The highest BCUT2D eigenvalue weighted by Gasteiger charge is 2.08. The highest BCUT2D eigenvalue weighted by atomic mass is 35.5. The van der Waals surface area contributed by atoms with Crippen molar-refractivity contribution >= 4 is 40.5 Å². The first kappa shape index (κ1) is 13.2. The molecule has 1 N–H and O–H groups in total. The number of hydrogen-bond donors (Lipinski definition) is 1. The van der Waals surface area contributed by atoms with Crippen LogP contribution in [0.2, 0.25) is 5.02 Å². The molecule has 0 saturated carbocycles. The molecule has 20 heavy (non-hydrogen) atoms. The van der Waals surface area contributed by atoms with Crippen molar-refractivity contribution in [2.75, 3.05) is 19.0 Å². The minimum Gasteiger partial charge on any atom is -0.378 e. The monoisotopic (exact) mass is 303 g/mol. The molecule has 0 fully saturated rings. The number of aromatic amines is 1. The third-order valence-electron chi connectivity index (χ3n) is 3.29. The Hall–Kier alpha value is -1.78. The van der Waals surface area contributed by atoms with Gasteiger partial charge in [-0.15, -0.1) is 0 Å². The van der Waals surface area contributed by atoms with Gasteiger partial charge >= 0.3 is 0 Å². The van der Waals surface area contributed by atoms with E-state index in [-0.39, 0.29) is 0 Å². The van der Waals surface area contributed by atoms with E-state index in [2.05, 4.69) is 34.1 Å². The van der Waals surface area contributed by atoms with Gasteiger partial charge in [0.15, 0.2) is 4.77 Å². The second kappa shape index (κ2) is 4.96. The number of aromatic nitrogens is 2. The fourth-order valence-electron chi connectivity index (χ4n) is 2.25. The van der Waals surface area contributed by atoms with Crippen LogP contribution in [0, 0.1) is 4.77 Å². The number of nitrogens with zero attached hydrogens (tertiary/aromatic N) is 2. The van der Waals surface area contributed by atoms with Gasteiger partial charge in [-0.05, 0) is 48.6 Å². The number of imidazole rings is 1. The van der Waals surface area contributed by atoms with Gasteiger partial charge in [-0.25, -0.2) is 0 Å². The molecule has 0 spiro atoms. The van der Waals surface area contributed by atoms with E-state index in [1.807, 2.05) is 36.9 Å². The van der Waals surface area contributed by atoms with Crippen molar-refractivity contribution in [1.29, 1.82) is 0 Å². The first-order chi connectivity index (χ1) is 9.58. The first-order valence-electron chi connectivity index (χ1n) is 6.25. The van der Waals surface area contributed by atoms with E-state index in [1.54, 1.807) is 0 Å². The third-order valence-corrected chi connectivity index (χ3v) is 3.89. The van der Waals surface area contributed by atoms with Crippen molar-refractivity contribution in [2.45, 2.75) is 0 Å². The molecule has 102 valence electrons. The predicted molar refractivity (Wildman–Crippen MR) is 87.8 cm³/mol. The second-order valence-corrected chi connectivity index (χ2v) is 5.60. The lowest BCUT2D eigenvalue weighted by Gasteiger charge is -2.13. The van der Waals surface area contributed by atoms with Gasteiger partial charge in [-0.1, -0.05) is 17.7 Å². The first-order valence-corrected chi connectivity index (χ1v) is 7.03. The molecule has 0 radical (unpaired) electrons. The van der Waals surface area contributed by atoms with Crippen LogP contribution in [0.15, 0.2) is 42.5 Å². The summed E-state index contributed by atoms with van der Waals surface area (Å²) in [4.78, 5) is 5.23. The van der Waals surface area contributed by atoms with Gasteiger partial charge in [0.1, 0.15) is 0 Å². The number of fused-ring (bicyclic) bond motifs is 1. The van der Waals surface area contributed by atoms with Crippen LogP contribution in [-0.2, 0) is 0 Å². The molecule has 3 nitrogen and oxygen atoms in total. The molecule has 0 saturated heterocycles. The summed E-state index contributed by atoms with van der Waals surface area (Å²) in [6.07, 6.45) is 0. The van der Waals surface area contributed by atoms with Crippen molar-refractivity contribution < 1.29 is 0 Å². The number of anilines is 1. The standard InChI is InChI=1S/C15H14ClN3S/c1-18(2)10-6-8-11(9-7-10)19-13-5-3-4-12(16)14(13)17-15(19)20/h3-9H,1-2H3,(H,17,20). The molecule has 0 unspecified atom stereocenters. The molecule has 5 heteroatoms. The summed E-state index contributed by atoms with van der Waals surface area (Å²) in [6.45, 7) is 0. The van der Waals surface area contributed by atoms with Gasteiger partial charge < -0.3 is 9.88 Å². The molecule has 0 aliphatic rings. The fourth-order valence-corrected chi connectivity index (χ4v) is 2.77. The molecule has 0 amide bonds. The van der Waals surface area contributed by atoms with E-state index < -0.39 is 0 Å². The maximum Gasteiger partial charge on any atom is 0.182 e. The number of H-pyrrole nitrogens is 1. The largest absolute Gasteiger partial charge is 0.378 e. The number of benzene rings is 2. The van der Waals surface area contributed by atoms with Gasteiger partial charge in [0.05, 0.1) is 16.1 Å². The summed E-state index contributed by atoms with van der Waals surface area (Å²) in [5, 5.41) is 0.678. The lowest BCUT2D eigenvalue weighted by atomic mass is 10.2. The number of rotatable bonds is 2. The van der Waals surface area contributed by atoms with Crippen molar-refractivity contribution in [3.63, 3.8) is 0 Å². The van der Waals surface area contributed by atoms with Crippen LogP contribution in [0.1, 0.15) is 0 Å². The molecule has 0 aliphatic carbocycles. The van der Waals surface area contributed by atoms with Crippen LogP contribution < -0.4 is 4.90 Å². The highest BCUT2D eigenvalue weighted by Crippen LogP contribution is 2.26. The van der Waals surface area contributed by atoms with Crippen LogP contribution in [0.3, 0.4) is 0 Å². The number of nitrogens with one attached hydrogen (secondary N) is 1. The molecule has 1 aromatic heterocycles. The molecular weight excluding hydrogens is 290 g/mol. The number of para-hydroxylation sites is 1. The Morgan fingerprint density at radius 2 is 1.80 bits per heavy atom. The summed E-state index contributed by atoms with van der Waals surface area (Å²) in [5.41, 5.74) is 4.03. The van der Waals surface area contributed by atoms with Gasteiger partial charge in [-0.3, -0.25) is 4.57 Å². The zero-order chi connectivity index (χ0) is 14.3. The molecule has 0 bridgehead atoms. The average molecular weight is 304 g/mol. The Labute approximate surface area is 127 Å². The Morgan fingerprint density at radius 3 is 2.45 bits per heavy atom. The lowest BCUT2D eigenvalue weighted by molar-refractivity contribution is 1.06. The molecule has 0 atom stereocenters. The summed E-state index contributed by atoms with van der Waals surface area (Å²) >= 11 is 11.6. The summed E-state index contributed by atoms with van der Waals surface area (Å²) in [7, 11) is 4.04. The Bertz CT molecular complexity index is 815. The molecule has 1 heterocycles. The third kappa shape index (κ3) is 2.11. The van der Waals surface area contributed by atoms with Gasteiger partial charge in [0.25, 0.3) is 0 Å². The van der Waals surface area contributed by atoms with Crippen molar-refractivity contribution in [3.05, 3.63) is 52.3 Å². The quantitative estimate of drug-likeness (QED) is 0.709. The summed E-state index contributed by atoms with van der Waals surface area (Å²) < 4.78 is 2.64. The van der Waals surface area contributed by atoms with E-state index in [1.165, 1.54) is 0 Å². The van der Waals surface area contributed by atoms with Crippen LogP contribution in [-0.4, -0.2) is 23.6 Å². The van der Waals surface area contributed by atoms with Crippen molar-refractivity contribution in [1.82, 2.24) is 9.55 Å². The Balaban J connectivity index is 2.22. The molecular formula is C15H14ClN3S. The second-order valence-electron chi connectivity index (χ2n) is 4.81. The molecule has 3 aromatic rings. The molecule has 2 aromatic carbocycles. The van der Waals surface area contributed by atoms with Crippen LogP contribution in [0.25, 0.3) is 16.7 Å². The average Bonchev–Trinajstić information content (AvgIpc) is 2.77. The predicted octanol–water partition coefficient (Wildman–Crippen LogP) is 4.41. The highest BCUT2D eigenvalue weighted by molar-refractivity contribution is 7.71. The maximum absolute atomic E-state index is 6.20.